The number of esters is 1. The van der Waals surface area contributed by atoms with Gasteiger partial charge in [-0.3, -0.25) is 0 Å². The van der Waals surface area contributed by atoms with Crippen molar-refractivity contribution in [1.82, 2.24) is 0 Å². The first kappa shape index (κ1) is 9.25. The van der Waals surface area contributed by atoms with Crippen molar-refractivity contribution < 1.29 is 9.53 Å². The standard InChI is InChI=1S/C12H14O2/c1-8(2)7-11-9-5-3-4-6-10(9)12(13)14-11/h3-4,6-9H,5H2,1-2H3. The molecule has 1 saturated heterocycles. The van der Waals surface area contributed by atoms with Gasteiger partial charge < -0.3 is 4.74 Å². The Balaban J connectivity index is 2.30. The lowest BCUT2D eigenvalue weighted by molar-refractivity contribution is -0.132. The quantitative estimate of drug-likeness (QED) is 0.594. The lowest BCUT2D eigenvalue weighted by atomic mass is 9.91. The Morgan fingerprint density at radius 1 is 1.57 bits per heavy atom. The van der Waals surface area contributed by atoms with Crippen molar-refractivity contribution in [1.29, 1.82) is 0 Å². The number of carbonyl (C=O) groups excluding carboxylic acids is 1. The van der Waals surface area contributed by atoms with Gasteiger partial charge in [0.1, 0.15) is 5.76 Å². The van der Waals surface area contributed by atoms with Crippen LogP contribution >= 0.6 is 0 Å². The van der Waals surface area contributed by atoms with E-state index in [1.54, 1.807) is 0 Å². The van der Waals surface area contributed by atoms with Gasteiger partial charge in [0.2, 0.25) is 0 Å². The number of cyclic esters (lactones) is 1. The highest BCUT2D eigenvalue weighted by molar-refractivity contribution is 5.94. The monoisotopic (exact) mass is 190 g/mol. The Kier molecular flexibility index (Phi) is 2.28. The van der Waals surface area contributed by atoms with Crippen LogP contribution in [0, 0.1) is 11.8 Å². The van der Waals surface area contributed by atoms with Gasteiger partial charge in [-0.15, -0.1) is 0 Å². The molecule has 0 aromatic rings. The largest absolute Gasteiger partial charge is 0.427 e. The van der Waals surface area contributed by atoms with Gasteiger partial charge in [-0.25, -0.2) is 4.79 Å². The summed E-state index contributed by atoms with van der Waals surface area (Å²) < 4.78 is 5.23. The molecule has 0 aromatic heterocycles. The smallest absolute Gasteiger partial charge is 0.339 e. The second-order valence-electron chi connectivity index (χ2n) is 4.04. The Morgan fingerprint density at radius 3 is 3.07 bits per heavy atom. The summed E-state index contributed by atoms with van der Waals surface area (Å²) in [5.41, 5.74) is 0.805. The van der Waals surface area contributed by atoms with E-state index in [4.69, 9.17) is 4.74 Å². The summed E-state index contributed by atoms with van der Waals surface area (Å²) in [5, 5.41) is 0. The van der Waals surface area contributed by atoms with Crippen LogP contribution in [0.5, 0.6) is 0 Å². The van der Waals surface area contributed by atoms with Crippen molar-refractivity contribution in [3.8, 4) is 0 Å². The summed E-state index contributed by atoms with van der Waals surface area (Å²) in [4.78, 5) is 11.4. The molecule has 1 unspecified atom stereocenters. The number of hydrogen-bond acceptors (Lipinski definition) is 2. The summed E-state index contributed by atoms with van der Waals surface area (Å²) in [6.45, 7) is 4.17. The van der Waals surface area contributed by atoms with Crippen molar-refractivity contribution >= 4 is 5.97 Å². The molecule has 14 heavy (non-hydrogen) atoms. The van der Waals surface area contributed by atoms with E-state index in [-0.39, 0.29) is 11.9 Å². The van der Waals surface area contributed by atoms with Gasteiger partial charge in [0, 0.05) is 5.57 Å². The fourth-order valence-corrected chi connectivity index (χ4v) is 1.82. The van der Waals surface area contributed by atoms with Gasteiger partial charge >= 0.3 is 5.97 Å². The van der Waals surface area contributed by atoms with Gasteiger partial charge in [0.25, 0.3) is 0 Å². The van der Waals surface area contributed by atoms with E-state index in [0.29, 0.717) is 5.92 Å². The molecule has 1 heterocycles. The fraction of sp³-hybridized carbons (Fsp3) is 0.417. The maximum Gasteiger partial charge on any atom is 0.339 e. The van der Waals surface area contributed by atoms with Crippen LogP contribution in [-0.4, -0.2) is 5.97 Å². The number of fused-ring (bicyclic) bond motifs is 1. The molecule has 0 aromatic carbocycles. The lowest BCUT2D eigenvalue weighted by Gasteiger charge is -2.10. The molecule has 1 fully saturated rings. The maximum atomic E-state index is 11.4. The second kappa shape index (κ2) is 3.45. The van der Waals surface area contributed by atoms with Crippen LogP contribution in [0.3, 0.4) is 0 Å². The summed E-state index contributed by atoms with van der Waals surface area (Å²) in [7, 11) is 0. The van der Waals surface area contributed by atoms with E-state index in [1.807, 2.05) is 18.2 Å². The topological polar surface area (TPSA) is 26.3 Å². The number of ether oxygens (including phenoxy) is 1. The van der Waals surface area contributed by atoms with Crippen LogP contribution in [0.1, 0.15) is 20.3 Å². The summed E-state index contributed by atoms with van der Waals surface area (Å²) in [6.07, 6.45) is 8.77. The Labute approximate surface area is 83.9 Å². The van der Waals surface area contributed by atoms with Crippen molar-refractivity contribution in [2.45, 2.75) is 20.3 Å². The van der Waals surface area contributed by atoms with Crippen molar-refractivity contribution in [2.75, 3.05) is 0 Å². The molecular weight excluding hydrogens is 176 g/mol. The molecule has 0 N–H and O–H groups in total. The summed E-state index contributed by atoms with van der Waals surface area (Å²) in [5.74, 6) is 1.25. The van der Waals surface area contributed by atoms with E-state index in [0.717, 1.165) is 17.8 Å². The van der Waals surface area contributed by atoms with E-state index in [1.165, 1.54) is 0 Å². The molecule has 1 atom stereocenters. The van der Waals surface area contributed by atoms with Crippen LogP contribution in [0.4, 0.5) is 0 Å². The van der Waals surface area contributed by atoms with Crippen LogP contribution in [0.25, 0.3) is 0 Å². The zero-order chi connectivity index (χ0) is 10.1. The average Bonchev–Trinajstić information content (AvgIpc) is 2.44. The predicted octanol–water partition coefficient (Wildman–Crippen LogP) is 2.59. The minimum absolute atomic E-state index is 0.175. The normalized spacial score (nSPS) is 27.9. The second-order valence-corrected chi connectivity index (χ2v) is 4.04. The molecule has 0 bridgehead atoms. The molecule has 0 spiro atoms. The Hall–Kier alpha value is -1.31. The number of rotatable bonds is 1. The summed E-state index contributed by atoms with van der Waals surface area (Å²) in [6, 6.07) is 0. The van der Waals surface area contributed by atoms with Gasteiger partial charge in [-0.1, -0.05) is 32.1 Å². The highest BCUT2D eigenvalue weighted by atomic mass is 16.5. The molecule has 74 valence electrons. The van der Waals surface area contributed by atoms with Gasteiger partial charge in [-0.2, -0.15) is 0 Å². The molecule has 2 rings (SSSR count). The van der Waals surface area contributed by atoms with E-state index in [2.05, 4.69) is 19.9 Å². The molecule has 0 amide bonds. The zero-order valence-corrected chi connectivity index (χ0v) is 8.49. The fourth-order valence-electron chi connectivity index (χ4n) is 1.82. The van der Waals surface area contributed by atoms with Crippen molar-refractivity contribution in [3.05, 3.63) is 35.6 Å². The number of allylic oxidation sites excluding steroid dienone is 5. The maximum absolute atomic E-state index is 11.4. The highest BCUT2D eigenvalue weighted by Crippen LogP contribution is 2.36. The Bertz CT molecular complexity index is 345. The molecule has 0 radical (unpaired) electrons. The summed E-state index contributed by atoms with van der Waals surface area (Å²) >= 11 is 0. The first-order valence-corrected chi connectivity index (χ1v) is 4.99. The first-order chi connectivity index (χ1) is 6.68. The van der Waals surface area contributed by atoms with Crippen LogP contribution in [0.2, 0.25) is 0 Å². The first-order valence-electron chi connectivity index (χ1n) is 4.99. The number of carbonyl (C=O) groups is 1. The molecule has 2 heteroatoms. The molecule has 1 aliphatic heterocycles. The minimum Gasteiger partial charge on any atom is -0.427 e. The lowest BCUT2D eigenvalue weighted by Crippen LogP contribution is -2.04. The highest BCUT2D eigenvalue weighted by Gasteiger charge is 2.35. The van der Waals surface area contributed by atoms with Gasteiger partial charge in [-0.05, 0) is 18.4 Å². The zero-order valence-electron chi connectivity index (χ0n) is 8.49. The van der Waals surface area contributed by atoms with Gasteiger partial charge in [0.15, 0.2) is 0 Å². The third kappa shape index (κ3) is 1.52. The van der Waals surface area contributed by atoms with E-state index < -0.39 is 0 Å². The van der Waals surface area contributed by atoms with E-state index in [9.17, 15) is 4.79 Å². The molecular formula is C12H14O2. The predicted molar refractivity (Wildman–Crippen MR) is 54.3 cm³/mol. The van der Waals surface area contributed by atoms with Crippen LogP contribution < -0.4 is 0 Å². The van der Waals surface area contributed by atoms with E-state index >= 15 is 0 Å². The van der Waals surface area contributed by atoms with Gasteiger partial charge in [0.05, 0.1) is 5.92 Å². The van der Waals surface area contributed by atoms with Crippen LogP contribution in [0.15, 0.2) is 35.6 Å². The molecule has 2 nitrogen and oxygen atoms in total. The third-order valence-corrected chi connectivity index (χ3v) is 2.45. The minimum atomic E-state index is -0.175. The SMILES string of the molecule is CC(C)C=C1OC(=O)C2=CC=CCC12. The number of hydrogen-bond donors (Lipinski definition) is 0. The van der Waals surface area contributed by atoms with Crippen molar-refractivity contribution in [2.24, 2.45) is 11.8 Å². The third-order valence-electron chi connectivity index (χ3n) is 2.45. The van der Waals surface area contributed by atoms with Crippen molar-refractivity contribution in [3.63, 3.8) is 0 Å². The molecule has 1 aliphatic carbocycles. The molecule has 2 aliphatic rings. The average molecular weight is 190 g/mol. The molecule has 0 saturated carbocycles. The Morgan fingerprint density at radius 2 is 2.36 bits per heavy atom. The van der Waals surface area contributed by atoms with Crippen LogP contribution in [-0.2, 0) is 9.53 Å².